The zero-order valence-electron chi connectivity index (χ0n) is 52.5. The predicted octanol–water partition coefficient (Wildman–Crippen LogP) is 26.1. The van der Waals surface area contributed by atoms with Crippen molar-refractivity contribution in [3.05, 3.63) is 180 Å². The molecular weight excluding hydrogens is 1260 g/mol. The molecule has 2 aromatic carbocycles. The van der Waals surface area contributed by atoms with Crippen LogP contribution in [0.25, 0.3) is 67.1 Å². The Hall–Kier alpha value is -5.34. The molecule has 4 heterocycles. The molecule has 0 radical (unpaired) electrons. The van der Waals surface area contributed by atoms with Gasteiger partial charge in [0.1, 0.15) is 13.1 Å². The number of nitriles is 1. The number of ketones is 2. The summed E-state index contributed by atoms with van der Waals surface area (Å²) in [7, 11) is 0. The van der Waals surface area contributed by atoms with E-state index in [0.29, 0.717) is 68.2 Å². The summed E-state index contributed by atoms with van der Waals surface area (Å²) in [5.74, 6) is 1.19. The van der Waals surface area contributed by atoms with Crippen molar-refractivity contribution in [1.29, 1.82) is 5.26 Å². The Morgan fingerprint density at radius 1 is 0.506 bits per heavy atom. The number of carbonyl (C=O) groups excluding carboxylic acids is 2. The van der Waals surface area contributed by atoms with E-state index in [0.717, 1.165) is 112 Å². The third kappa shape index (κ3) is 13.9. The van der Waals surface area contributed by atoms with Crippen LogP contribution < -0.4 is 0 Å². The van der Waals surface area contributed by atoms with Crippen molar-refractivity contribution >= 4 is 127 Å². The molecule has 0 spiro atoms. The lowest BCUT2D eigenvalue weighted by Gasteiger charge is -2.37. The lowest BCUT2D eigenvalue weighted by molar-refractivity contribution is 0.103. The van der Waals surface area contributed by atoms with E-state index in [2.05, 4.69) is 100 Å². The van der Waals surface area contributed by atoms with Gasteiger partial charge in [-0.25, -0.2) is 10.1 Å². The Balaban J connectivity index is 1.28. The maximum atomic E-state index is 14.6. The van der Waals surface area contributed by atoms with Gasteiger partial charge in [-0.2, -0.15) is 9.69 Å². The molecule has 462 valence electrons. The molecule has 0 saturated heterocycles. The first-order valence-corrected chi connectivity index (χ1v) is 36.9. The Bertz CT molecular complexity index is 3710. The maximum Gasteiger partial charge on any atom is 0.528 e. The van der Waals surface area contributed by atoms with Crippen LogP contribution in [0.3, 0.4) is 0 Å². The van der Waals surface area contributed by atoms with Crippen molar-refractivity contribution in [2.45, 2.75) is 189 Å². The first kappa shape index (κ1) is 68.0. The first-order valence-electron chi connectivity index (χ1n) is 32.1. The van der Waals surface area contributed by atoms with Crippen molar-refractivity contribution in [2.75, 3.05) is 0 Å². The SMILES string of the molecule is [C-]#[N+]C([N+]#[C-])=C1/C(=C/c2cc(CC(CC)CCCC)c(-c3cc4c(s3)-c3sc(-c5sc(/C=C6\C(=O)c7cc(Cl)c(Cl)cc7\C6=C(/C#N)[N+]#[C-])cc5CC(CC)CCCC)cc3C4(CC(CC)CCCC)CC(CC)CCCC)s2)C(=O)c2cc(Cl)c(Cl)cc21. The molecule has 89 heavy (non-hydrogen) atoms. The second-order valence-corrected chi connectivity index (χ2v) is 30.4. The van der Waals surface area contributed by atoms with Crippen LogP contribution in [0.15, 0.2) is 71.2 Å². The van der Waals surface area contributed by atoms with Gasteiger partial charge >= 0.3 is 5.82 Å². The van der Waals surface area contributed by atoms with Gasteiger partial charge in [0.2, 0.25) is 0 Å². The quantitative estimate of drug-likeness (QED) is 0.0279. The van der Waals surface area contributed by atoms with E-state index in [1.807, 2.05) is 34.8 Å². The minimum absolute atomic E-state index is 0.163. The third-order valence-electron chi connectivity index (χ3n) is 18.9. The Labute approximate surface area is 564 Å². The summed E-state index contributed by atoms with van der Waals surface area (Å²) in [6.07, 6.45) is 25.7. The molecule has 3 aliphatic rings. The highest BCUT2D eigenvalue weighted by atomic mass is 35.5. The fourth-order valence-electron chi connectivity index (χ4n) is 13.9. The van der Waals surface area contributed by atoms with Crippen LogP contribution in [-0.4, -0.2) is 11.6 Å². The molecule has 4 atom stereocenters. The Kier molecular flexibility index (Phi) is 23.2. The van der Waals surface area contributed by atoms with E-state index in [-0.39, 0.29) is 48.6 Å². The predicted molar refractivity (Wildman–Crippen MR) is 382 cm³/mol. The summed E-state index contributed by atoms with van der Waals surface area (Å²) in [4.78, 5) is 49.4. The van der Waals surface area contributed by atoms with Gasteiger partial charge in [0.25, 0.3) is 5.70 Å². The number of halogens is 4. The van der Waals surface area contributed by atoms with Crippen molar-refractivity contribution < 1.29 is 9.59 Å². The van der Waals surface area contributed by atoms with Crippen LogP contribution in [-0.2, 0) is 18.3 Å². The normalized spacial score (nSPS) is 17.7. The molecular formula is C75H78Cl4N4O2S4. The smallest absolute Gasteiger partial charge is 0.289 e. The number of unbranched alkanes of at least 4 members (excludes halogenated alkanes) is 4. The molecule has 0 aliphatic heterocycles. The van der Waals surface area contributed by atoms with Gasteiger partial charge in [-0.15, -0.1) is 45.3 Å². The van der Waals surface area contributed by atoms with E-state index in [9.17, 15) is 14.9 Å². The van der Waals surface area contributed by atoms with E-state index < -0.39 is 0 Å². The largest absolute Gasteiger partial charge is 0.528 e. The monoisotopic (exact) mass is 1330 g/mol. The molecule has 0 amide bonds. The summed E-state index contributed by atoms with van der Waals surface area (Å²) in [6, 6.07) is 18.1. The minimum atomic E-state index is -0.285. The van der Waals surface area contributed by atoms with E-state index in [1.165, 1.54) is 77.2 Å². The highest BCUT2D eigenvalue weighted by Crippen LogP contribution is 2.64. The third-order valence-corrected chi connectivity index (χ3v) is 25.4. The average molecular weight is 1340 g/mol. The number of benzene rings is 2. The van der Waals surface area contributed by atoms with Crippen LogP contribution >= 0.6 is 91.8 Å². The number of Topliss-reactive ketones (excluding diaryl/α,β-unsaturated/α-hetero) is 2. The molecule has 4 unspecified atom stereocenters. The van der Waals surface area contributed by atoms with Gasteiger partial charge in [-0.05, 0) is 143 Å². The Morgan fingerprint density at radius 3 is 1.24 bits per heavy atom. The number of hydrogen-bond acceptors (Lipinski definition) is 7. The highest BCUT2D eigenvalue weighted by Gasteiger charge is 2.49. The number of hydrogen-bond donors (Lipinski definition) is 0. The minimum Gasteiger partial charge on any atom is -0.289 e. The van der Waals surface area contributed by atoms with Gasteiger partial charge in [0.05, 0.1) is 38.3 Å². The maximum absolute atomic E-state index is 14.6. The van der Waals surface area contributed by atoms with Gasteiger partial charge in [-0.3, -0.25) is 9.59 Å². The van der Waals surface area contributed by atoms with Crippen molar-refractivity contribution in [3.8, 4) is 35.3 Å². The number of thiophene rings is 4. The molecule has 0 N–H and O–H groups in total. The molecule has 6 nitrogen and oxygen atoms in total. The fourth-order valence-corrected chi connectivity index (χ4v) is 19.8. The molecule has 6 aromatic rings. The molecule has 0 saturated carbocycles. The Morgan fingerprint density at radius 2 is 0.876 bits per heavy atom. The van der Waals surface area contributed by atoms with Gasteiger partial charge in [0.15, 0.2) is 11.6 Å². The second kappa shape index (κ2) is 30.4. The van der Waals surface area contributed by atoms with Gasteiger partial charge in [-0.1, -0.05) is 205 Å². The first-order chi connectivity index (χ1) is 43.0. The number of fused-ring (bicyclic) bond motifs is 5. The standard InChI is InChI=1S/C75H78Cl4N4O2S4/c1-12-20-24-43(16-5)28-47-30-49(32-55-66(63(42-80)81-9)51-34-59(76)61(78)36-53(51)68(55)84)86-70(47)64-38-57-72(88-64)73-58(75(57,40-45(18-7)26-22-14-3)41-46(19-8)27-23-15-4)39-65(89-73)71-48(29-44(17-6)25-21-13-2)31-50(87-71)33-56-67(74(82-10)83-11)52-35-60(77)62(79)37-54(52)69(56)85/h30-39,43-46H,12-29,40-41H2,1-8H3/b55-32-,56-33-,66-63-. The summed E-state index contributed by atoms with van der Waals surface area (Å²) in [5, 5.41) is 11.3. The van der Waals surface area contributed by atoms with E-state index in [4.69, 9.17) is 66.1 Å². The lowest BCUT2D eigenvalue weighted by Crippen LogP contribution is -2.31. The van der Waals surface area contributed by atoms with E-state index >= 15 is 0 Å². The molecule has 4 aromatic heterocycles. The van der Waals surface area contributed by atoms with Crippen LogP contribution in [0.4, 0.5) is 0 Å². The molecule has 3 aliphatic carbocycles. The summed E-state index contributed by atoms with van der Waals surface area (Å²) in [6.45, 7) is 42.7. The van der Waals surface area contributed by atoms with Crippen LogP contribution in [0.5, 0.6) is 0 Å². The van der Waals surface area contributed by atoms with Crippen LogP contribution in [0, 0.1) is 54.7 Å². The zero-order chi connectivity index (χ0) is 63.8. The van der Waals surface area contributed by atoms with Crippen molar-refractivity contribution in [3.63, 3.8) is 0 Å². The molecule has 0 bridgehead atoms. The lowest BCUT2D eigenvalue weighted by atomic mass is 9.65. The average Bonchev–Trinajstić information content (AvgIpc) is 1.62. The topological polar surface area (TPSA) is 71.0 Å². The summed E-state index contributed by atoms with van der Waals surface area (Å²) in [5.41, 5.74) is 7.75. The van der Waals surface area contributed by atoms with Gasteiger partial charge in [0, 0.05) is 72.3 Å². The fraction of sp³-hybridized carbons (Fsp3) is 0.440. The van der Waals surface area contributed by atoms with Crippen molar-refractivity contribution in [2.24, 2.45) is 23.7 Å². The molecule has 14 heteroatoms. The van der Waals surface area contributed by atoms with Crippen LogP contribution in [0.1, 0.15) is 235 Å². The van der Waals surface area contributed by atoms with Crippen molar-refractivity contribution in [1.82, 2.24) is 0 Å². The number of rotatable bonds is 28. The summed E-state index contributed by atoms with van der Waals surface area (Å²) < 4.78 is 0. The second-order valence-electron chi connectivity index (χ2n) is 24.5. The number of carbonyl (C=O) groups is 2. The zero-order valence-corrected chi connectivity index (χ0v) is 58.8. The highest BCUT2D eigenvalue weighted by molar-refractivity contribution is 7.29. The summed E-state index contributed by atoms with van der Waals surface area (Å²) >= 11 is 33.4. The number of allylic oxidation sites excluding steroid dienone is 5. The van der Waals surface area contributed by atoms with Gasteiger partial charge < -0.3 is 0 Å². The molecule has 9 rings (SSSR count). The molecule has 0 fully saturated rings. The van der Waals surface area contributed by atoms with Crippen LogP contribution in [0.2, 0.25) is 20.1 Å². The number of nitrogens with zero attached hydrogens (tertiary/aromatic N) is 4. The van der Waals surface area contributed by atoms with E-state index in [1.54, 1.807) is 46.9 Å².